The van der Waals surface area contributed by atoms with Crippen LogP contribution in [0, 0.1) is 6.92 Å². The molecule has 1 N–H and O–H groups in total. The van der Waals surface area contributed by atoms with Crippen LogP contribution in [0.25, 0.3) is 16.9 Å². The number of benzene rings is 1. The van der Waals surface area contributed by atoms with Gasteiger partial charge in [0.25, 0.3) is 0 Å². The molecule has 0 aliphatic rings. The van der Waals surface area contributed by atoms with Crippen molar-refractivity contribution < 1.29 is 9.90 Å². The summed E-state index contributed by atoms with van der Waals surface area (Å²) in [4.78, 5) is 14.9. The van der Waals surface area contributed by atoms with Crippen molar-refractivity contribution in [3.63, 3.8) is 0 Å². The fourth-order valence-electron chi connectivity index (χ4n) is 2.02. The van der Waals surface area contributed by atoms with E-state index in [0.717, 1.165) is 16.8 Å². The van der Waals surface area contributed by atoms with Crippen molar-refractivity contribution in [1.29, 1.82) is 0 Å². The molecule has 21 heavy (non-hydrogen) atoms. The van der Waals surface area contributed by atoms with Gasteiger partial charge in [0.1, 0.15) is 5.69 Å². The summed E-state index contributed by atoms with van der Waals surface area (Å²) in [5.74, 6) is -0.947. The highest BCUT2D eigenvalue weighted by Gasteiger charge is 2.08. The number of rotatable bonds is 3. The van der Waals surface area contributed by atoms with E-state index in [1.807, 2.05) is 13.0 Å². The molecule has 3 rings (SSSR count). The van der Waals surface area contributed by atoms with Crippen molar-refractivity contribution in [1.82, 2.24) is 20.0 Å². The first-order chi connectivity index (χ1) is 10.1. The van der Waals surface area contributed by atoms with Crippen LogP contribution in [0.15, 0.2) is 48.9 Å². The quantitative estimate of drug-likeness (QED) is 0.796. The second-order valence-corrected chi connectivity index (χ2v) is 4.59. The van der Waals surface area contributed by atoms with Gasteiger partial charge in [-0.1, -0.05) is 17.3 Å². The van der Waals surface area contributed by atoms with Crippen LogP contribution in [-0.4, -0.2) is 31.1 Å². The number of carbonyl (C=O) groups is 1. The van der Waals surface area contributed by atoms with Gasteiger partial charge in [-0.25, -0.2) is 9.48 Å². The molecule has 0 fully saturated rings. The van der Waals surface area contributed by atoms with E-state index >= 15 is 0 Å². The Labute approximate surface area is 120 Å². The molecule has 1 aromatic carbocycles. The van der Waals surface area contributed by atoms with Gasteiger partial charge in [0.2, 0.25) is 0 Å². The van der Waals surface area contributed by atoms with Gasteiger partial charge in [0.15, 0.2) is 0 Å². The van der Waals surface area contributed by atoms with Gasteiger partial charge in [-0.05, 0) is 30.7 Å². The average Bonchev–Trinajstić information content (AvgIpc) is 2.97. The van der Waals surface area contributed by atoms with Crippen LogP contribution in [0.3, 0.4) is 0 Å². The second-order valence-electron chi connectivity index (χ2n) is 4.59. The van der Waals surface area contributed by atoms with Gasteiger partial charge in [-0.2, -0.15) is 0 Å². The Morgan fingerprint density at radius 1 is 1.19 bits per heavy atom. The van der Waals surface area contributed by atoms with E-state index in [-0.39, 0.29) is 5.56 Å². The molecule has 3 aromatic rings. The number of aromatic carboxylic acids is 1. The standard InChI is InChI=1S/C15H12N4O2/c1-10-8-16-7-6-14(10)19-9-13(17-18-19)11-2-4-12(5-3-11)15(20)21/h2-9H,1H3,(H,20,21). The van der Waals surface area contributed by atoms with Crippen molar-refractivity contribution in [2.24, 2.45) is 0 Å². The third kappa shape index (κ3) is 2.51. The Balaban J connectivity index is 1.95. The molecule has 0 saturated carbocycles. The number of nitrogens with zero attached hydrogens (tertiary/aromatic N) is 4. The highest BCUT2D eigenvalue weighted by Crippen LogP contribution is 2.19. The fraction of sp³-hybridized carbons (Fsp3) is 0.0667. The maximum Gasteiger partial charge on any atom is 0.335 e. The molecule has 0 amide bonds. The first-order valence-corrected chi connectivity index (χ1v) is 6.32. The summed E-state index contributed by atoms with van der Waals surface area (Å²) < 4.78 is 1.68. The lowest BCUT2D eigenvalue weighted by atomic mass is 10.1. The first-order valence-electron chi connectivity index (χ1n) is 6.32. The second kappa shape index (κ2) is 5.16. The summed E-state index contributed by atoms with van der Waals surface area (Å²) in [6.45, 7) is 1.95. The molecule has 2 aromatic heterocycles. The number of hydrogen-bond donors (Lipinski definition) is 1. The van der Waals surface area contributed by atoms with Crippen LogP contribution in [0.5, 0.6) is 0 Å². The minimum absolute atomic E-state index is 0.246. The Hall–Kier alpha value is -3.02. The Morgan fingerprint density at radius 2 is 1.95 bits per heavy atom. The van der Waals surface area contributed by atoms with Crippen LogP contribution < -0.4 is 0 Å². The van der Waals surface area contributed by atoms with Crippen molar-refractivity contribution in [3.8, 4) is 16.9 Å². The van der Waals surface area contributed by atoms with E-state index in [4.69, 9.17) is 5.11 Å². The van der Waals surface area contributed by atoms with E-state index in [1.165, 1.54) is 0 Å². The van der Waals surface area contributed by atoms with Gasteiger partial charge in [-0.3, -0.25) is 4.98 Å². The smallest absolute Gasteiger partial charge is 0.335 e. The molecule has 6 heteroatoms. The Morgan fingerprint density at radius 3 is 2.62 bits per heavy atom. The highest BCUT2D eigenvalue weighted by molar-refractivity contribution is 5.88. The fourth-order valence-corrected chi connectivity index (χ4v) is 2.02. The maximum absolute atomic E-state index is 10.8. The minimum Gasteiger partial charge on any atom is -0.478 e. The van der Waals surface area contributed by atoms with Crippen molar-refractivity contribution in [2.75, 3.05) is 0 Å². The Kier molecular flexibility index (Phi) is 3.19. The minimum atomic E-state index is -0.947. The summed E-state index contributed by atoms with van der Waals surface area (Å²) in [5.41, 5.74) is 3.65. The highest BCUT2D eigenvalue weighted by atomic mass is 16.4. The van der Waals surface area contributed by atoms with Gasteiger partial charge in [0.05, 0.1) is 17.4 Å². The van der Waals surface area contributed by atoms with Crippen molar-refractivity contribution in [3.05, 3.63) is 60.0 Å². The van der Waals surface area contributed by atoms with Crippen molar-refractivity contribution in [2.45, 2.75) is 6.92 Å². The molecule has 0 radical (unpaired) electrons. The molecule has 2 heterocycles. The van der Waals surface area contributed by atoms with E-state index in [1.54, 1.807) is 47.5 Å². The third-order valence-corrected chi connectivity index (χ3v) is 3.16. The maximum atomic E-state index is 10.8. The molecule has 0 saturated heterocycles. The van der Waals surface area contributed by atoms with E-state index in [0.29, 0.717) is 5.69 Å². The van der Waals surface area contributed by atoms with Crippen LogP contribution in [0.2, 0.25) is 0 Å². The lowest BCUT2D eigenvalue weighted by molar-refractivity contribution is 0.0697. The van der Waals surface area contributed by atoms with Gasteiger partial charge in [0, 0.05) is 18.0 Å². The zero-order valence-corrected chi connectivity index (χ0v) is 11.3. The van der Waals surface area contributed by atoms with E-state index < -0.39 is 5.97 Å². The number of hydrogen-bond acceptors (Lipinski definition) is 4. The predicted molar refractivity (Wildman–Crippen MR) is 76.3 cm³/mol. The number of aromatic nitrogens is 4. The molecular formula is C15H12N4O2. The third-order valence-electron chi connectivity index (χ3n) is 3.16. The SMILES string of the molecule is Cc1cnccc1-n1cc(-c2ccc(C(=O)O)cc2)nn1. The predicted octanol–water partition coefficient (Wildman–Crippen LogP) is 2.34. The van der Waals surface area contributed by atoms with Gasteiger partial charge < -0.3 is 5.11 Å². The Bertz CT molecular complexity index is 793. The van der Waals surface area contributed by atoms with Gasteiger partial charge in [-0.15, -0.1) is 5.10 Å². The van der Waals surface area contributed by atoms with Crippen molar-refractivity contribution >= 4 is 5.97 Å². The summed E-state index contributed by atoms with van der Waals surface area (Å²) in [7, 11) is 0. The topological polar surface area (TPSA) is 80.9 Å². The van der Waals surface area contributed by atoms with Crippen LogP contribution in [0.4, 0.5) is 0 Å². The first kappa shape index (κ1) is 13.0. The molecule has 6 nitrogen and oxygen atoms in total. The van der Waals surface area contributed by atoms with E-state index in [9.17, 15) is 4.79 Å². The lowest BCUT2D eigenvalue weighted by Crippen LogP contribution is -1.97. The summed E-state index contributed by atoms with van der Waals surface area (Å²) >= 11 is 0. The zero-order chi connectivity index (χ0) is 14.8. The number of pyridine rings is 1. The van der Waals surface area contributed by atoms with E-state index in [2.05, 4.69) is 15.3 Å². The average molecular weight is 280 g/mol. The number of carboxylic acids is 1. The van der Waals surface area contributed by atoms with Crippen LogP contribution in [0.1, 0.15) is 15.9 Å². The monoisotopic (exact) mass is 280 g/mol. The number of aryl methyl sites for hydroxylation is 1. The molecule has 104 valence electrons. The van der Waals surface area contributed by atoms with Crippen LogP contribution in [-0.2, 0) is 0 Å². The molecule has 0 unspecified atom stereocenters. The number of carboxylic acid groups (broad SMARTS) is 1. The summed E-state index contributed by atoms with van der Waals surface area (Å²) in [6, 6.07) is 8.40. The normalized spacial score (nSPS) is 10.5. The molecule has 0 atom stereocenters. The van der Waals surface area contributed by atoms with Gasteiger partial charge >= 0.3 is 5.97 Å². The largest absolute Gasteiger partial charge is 0.478 e. The summed E-state index contributed by atoms with van der Waals surface area (Å²) in [5, 5.41) is 17.1. The lowest BCUT2D eigenvalue weighted by Gasteiger charge is -2.02. The summed E-state index contributed by atoms with van der Waals surface area (Å²) in [6.07, 6.45) is 5.27. The molecule has 0 spiro atoms. The van der Waals surface area contributed by atoms with Crippen LogP contribution >= 0.6 is 0 Å². The molecule has 0 aliphatic heterocycles. The molecule has 0 bridgehead atoms. The molecular weight excluding hydrogens is 268 g/mol. The molecule has 0 aliphatic carbocycles. The zero-order valence-electron chi connectivity index (χ0n) is 11.3.